The zero-order valence-electron chi connectivity index (χ0n) is 8.71. The summed E-state index contributed by atoms with van der Waals surface area (Å²) in [4.78, 5) is 2.43. The van der Waals surface area contributed by atoms with E-state index < -0.39 is 0 Å². The first kappa shape index (κ1) is 9.53. The number of hydrogen-bond donors (Lipinski definition) is 1. The first-order chi connectivity index (χ1) is 6.92. The molecule has 1 aromatic carbocycles. The van der Waals surface area contributed by atoms with Gasteiger partial charge in [0.05, 0.1) is 0 Å². The fourth-order valence-corrected chi connectivity index (χ4v) is 1.93. The van der Waals surface area contributed by atoms with E-state index in [1.165, 1.54) is 11.3 Å². The second-order valence-corrected chi connectivity index (χ2v) is 3.63. The monoisotopic (exact) mass is 189 g/mol. The molecule has 0 bridgehead atoms. The predicted octanol–water partition coefficient (Wildman–Crippen LogP) is 1.46. The number of rotatable bonds is 2. The molecule has 1 heterocycles. The number of anilines is 1. The number of aryl methyl sites for hydroxylation is 1. The van der Waals surface area contributed by atoms with Gasteiger partial charge in [0.15, 0.2) is 0 Å². The maximum absolute atomic E-state index is 3.37. The van der Waals surface area contributed by atoms with E-state index in [0.717, 1.165) is 32.6 Å². The van der Waals surface area contributed by atoms with Crippen molar-refractivity contribution in [2.75, 3.05) is 31.1 Å². The lowest BCUT2D eigenvalue weighted by Crippen LogP contribution is -2.43. The normalized spacial score (nSPS) is 17.1. The van der Waals surface area contributed by atoms with E-state index >= 15 is 0 Å². The lowest BCUT2D eigenvalue weighted by molar-refractivity contribution is 0.587. The van der Waals surface area contributed by atoms with Crippen LogP contribution in [0.2, 0.25) is 0 Å². The molecular weight excluding hydrogens is 172 g/mol. The fourth-order valence-electron chi connectivity index (χ4n) is 1.93. The summed E-state index contributed by atoms with van der Waals surface area (Å²) in [7, 11) is 0. The third-order valence-corrected chi connectivity index (χ3v) is 2.73. The molecule has 75 valence electrons. The molecule has 1 N–H and O–H groups in total. The minimum atomic E-state index is 1.09. The maximum atomic E-state index is 3.37. The van der Waals surface area contributed by atoms with E-state index in [-0.39, 0.29) is 0 Å². The van der Waals surface area contributed by atoms with Crippen molar-refractivity contribution in [3.05, 3.63) is 29.8 Å². The van der Waals surface area contributed by atoms with E-state index in [4.69, 9.17) is 0 Å². The third kappa shape index (κ3) is 1.90. The molecule has 1 saturated heterocycles. The van der Waals surface area contributed by atoms with Crippen molar-refractivity contribution in [2.24, 2.45) is 0 Å². The van der Waals surface area contributed by atoms with Crippen LogP contribution in [0.25, 0.3) is 0 Å². The molecule has 1 fully saturated rings. The molecule has 1 aromatic rings. The van der Waals surface area contributed by atoms with Crippen molar-refractivity contribution >= 4 is 5.69 Å². The summed E-state index contributed by atoms with van der Waals surface area (Å²) in [6.45, 7) is 6.59. The summed E-state index contributed by atoms with van der Waals surface area (Å²) in [5, 5.41) is 3.37. The molecule has 1 radical (unpaired) electrons. The summed E-state index contributed by atoms with van der Waals surface area (Å²) in [5.74, 6) is 0. The highest BCUT2D eigenvalue weighted by Crippen LogP contribution is 2.20. The Morgan fingerprint density at radius 1 is 1.43 bits per heavy atom. The van der Waals surface area contributed by atoms with Crippen LogP contribution in [0.4, 0.5) is 5.69 Å². The van der Waals surface area contributed by atoms with Gasteiger partial charge in [-0.3, -0.25) is 0 Å². The minimum absolute atomic E-state index is 1.09. The molecule has 0 amide bonds. The van der Waals surface area contributed by atoms with E-state index in [2.05, 4.69) is 35.3 Å². The van der Waals surface area contributed by atoms with Crippen molar-refractivity contribution in [2.45, 2.75) is 13.3 Å². The molecular formula is C12H17N2. The number of nitrogens with zero attached hydrogens (tertiary/aromatic N) is 1. The fraction of sp³-hybridized carbons (Fsp3) is 0.500. The molecule has 0 aliphatic carbocycles. The van der Waals surface area contributed by atoms with Gasteiger partial charge in [-0.15, -0.1) is 0 Å². The summed E-state index contributed by atoms with van der Waals surface area (Å²) < 4.78 is 0. The van der Waals surface area contributed by atoms with Gasteiger partial charge in [0.1, 0.15) is 0 Å². The van der Waals surface area contributed by atoms with E-state index in [1.54, 1.807) is 0 Å². The van der Waals surface area contributed by atoms with Crippen LogP contribution >= 0.6 is 0 Å². The van der Waals surface area contributed by atoms with Crippen molar-refractivity contribution in [1.29, 1.82) is 0 Å². The largest absolute Gasteiger partial charge is 0.368 e. The van der Waals surface area contributed by atoms with Crippen molar-refractivity contribution in [3.8, 4) is 0 Å². The Balaban J connectivity index is 2.20. The van der Waals surface area contributed by atoms with Gasteiger partial charge in [0.25, 0.3) is 0 Å². The average molecular weight is 189 g/mol. The van der Waals surface area contributed by atoms with Gasteiger partial charge < -0.3 is 10.2 Å². The Labute approximate surface area is 85.9 Å². The van der Waals surface area contributed by atoms with Gasteiger partial charge in [-0.2, -0.15) is 0 Å². The molecule has 14 heavy (non-hydrogen) atoms. The Hall–Kier alpha value is -1.02. The SMILES string of the molecule is CCc1ccc[c]c1N1CCNCC1. The zero-order valence-corrected chi connectivity index (χ0v) is 8.71. The molecule has 0 aromatic heterocycles. The Morgan fingerprint density at radius 3 is 2.93 bits per heavy atom. The van der Waals surface area contributed by atoms with Crippen LogP contribution in [0.1, 0.15) is 12.5 Å². The smallest absolute Gasteiger partial charge is 0.0480 e. The van der Waals surface area contributed by atoms with Crippen LogP contribution in [-0.2, 0) is 6.42 Å². The molecule has 2 heteroatoms. The third-order valence-electron chi connectivity index (χ3n) is 2.73. The Morgan fingerprint density at radius 2 is 2.21 bits per heavy atom. The standard InChI is InChI=1S/C12H17N2/c1-2-11-5-3-4-6-12(11)14-9-7-13-8-10-14/h3-5,13H,2,7-10H2,1H3. The molecule has 1 aliphatic heterocycles. The highest BCUT2D eigenvalue weighted by molar-refractivity contribution is 5.53. The van der Waals surface area contributed by atoms with Crippen LogP contribution in [0, 0.1) is 6.07 Å². The average Bonchev–Trinajstić information content (AvgIpc) is 2.30. The lowest BCUT2D eigenvalue weighted by atomic mass is 10.1. The number of para-hydroxylation sites is 1. The lowest BCUT2D eigenvalue weighted by Gasteiger charge is -2.30. The van der Waals surface area contributed by atoms with Crippen LogP contribution < -0.4 is 10.2 Å². The number of nitrogens with one attached hydrogen (secondary N) is 1. The second-order valence-electron chi connectivity index (χ2n) is 3.63. The highest BCUT2D eigenvalue weighted by atomic mass is 15.2. The summed E-state index contributed by atoms with van der Waals surface area (Å²) >= 11 is 0. The first-order valence-electron chi connectivity index (χ1n) is 5.37. The molecule has 0 atom stereocenters. The molecule has 0 saturated carbocycles. The van der Waals surface area contributed by atoms with Crippen molar-refractivity contribution in [1.82, 2.24) is 5.32 Å². The maximum Gasteiger partial charge on any atom is 0.0480 e. The number of hydrogen-bond acceptors (Lipinski definition) is 2. The van der Waals surface area contributed by atoms with Gasteiger partial charge in [0, 0.05) is 37.9 Å². The molecule has 2 rings (SSSR count). The van der Waals surface area contributed by atoms with E-state index in [0.29, 0.717) is 0 Å². The molecule has 0 unspecified atom stereocenters. The summed E-state index contributed by atoms with van der Waals surface area (Å²) in [6, 6.07) is 9.64. The first-order valence-corrected chi connectivity index (χ1v) is 5.37. The molecule has 0 spiro atoms. The second kappa shape index (κ2) is 4.47. The zero-order chi connectivity index (χ0) is 9.80. The Bertz CT molecular complexity index is 290. The quantitative estimate of drug-likeness (QED) is 0.757. The van der Waals surface area contributed by atoms with Crippen molar-refractivity contribution < 1.29 is 0 Å². The minimum Gasteiger partial charge on any atom is -0.368 e. The number of piperazine rings is 1. The highest BCUT2D eigenvalue weighted by Gasteiger charge is 2.12. The molecule has 1 aliphatic rings. The predicted molar refractivity (Wildman–Crippen MR) is 59.7 cm³/mol. The van der Waals surface area contributed by atoms with Gasteiger partial charge in [-0.1, -0.05) is 25.1 Å². The summed E-state index contributed by atoms with van der Waals surface area (Å²) in [6.07, 6.45) is 1.09. The van der Waals surface area contributed by atoms with Crippen LogP contribution in [0.3, 0.4) is 0 Å². The van der Waals surface area contributed by atoms with Gasteiger partial charge in [-0.05, 0) is 12.0 Å². The van der Waals surface area contributed by atoms with Crippen molar-refractivity contribution in [3.63, 3.8) is 0 Å². The Kier molecular flexibility index (Phi) is 3.04. The topological polar surface area (TPSA) is 15.3 Å². The van der Waals surface area contributed by atoms with E-state index in [1.807, 2.05) is 6.07 Å². The van der Waals surface area contributed by atoms with Gasteiger partial charge >= 0.3 is 0 Å². The van der Waals surface area contributed by atoms with Crippen LogP contribution in [0.5, 0.6) is 0 Å². The van der Waals surface area contributed by atoms with Crippen LogP contribution in [-0.4, -0.2) is 26.2 Å². The molecule has 2 nitrogen and oxygen atoms in total. The van der Waals surface area contributed by atoms with Gasteiger partial charge in [-0.25, -0.2) is 0 Å². The number of benzene rings is 1. The summed E-state index contributed by atoms with van der Waals surface area (Å²) in [5.41, 5.74) is 2.71. The van der Waals surface area contributed by atoms with E-state index in [9.17, 15) is 0 Å². The van der Waals surface area contributed by atoms with Crippen LogP contribution in [0.15, 0.2) is 18.2 Å². The van der Waals surface area contributed by atoms with Gasteiger partial charge in [0.2, 0.25) is 0 Å².